The van der Waals surface area contributed by atoms with Crippen molar-refractivity contribution in [3.8, 4) is 0 Å². The fourth-order valence-electron chi connectivity index (χ4n) is 5.08. The van der Waals surface area contributed by atoms with Crippen LogP contribution in [0.25, 0.3) is 0 Å². The van der Waals surface area contributed by atoms with Gasteiger partial charge in [-0.1, -0.05) is 19.3 Å². The molecule has 2 atom stereocenters. The Bertz CT molecular complexity index is 601. The molecule has 1 aromatic rings. The topological polar surface area (TPSA) is 62.2 Å². The minimum Gasteiger partial charge on any atom is -0.348 e. The predicted molar refractivity (Wildman–Crippen MR) is 102 cm³/mol. The molecule has 0 unspecified atom stereocenters. The number of hydrogen-bond donors (Lipinski definition) is 2. The summed E-state index contributed by atoms with van der Waals surface area (Å²) in [6, 6.07) is 1.75. The zero-order valence-corrected chi connectivity index (χ0v) is 16.0. The molecule has 3 heterocycles. The molecular formula is C20H33N5O. The lowest BCUT2D eigenvalue weighted by atomic mass is 9.90. The summed E-state index contributed by atoms with van der Waals surface area (Å²) in [7, 11) is 1.93. The summed E-state index contributed by atoms with van der Waals surface area (Å²) in [5, 5.41) is 11.4. The van der Waals surface area contributed by atoms with E-state index in [9.17, 15) is 4.79 Å². The van der Waals surface area contributed by atoms with Crippen LogP contribution in [0.3, 0.4) is 0 Å². The van der Waals surface area contributed by atoms with E-state index in [1.807, 2.05) is 24.1 Å². The van der Waals surface area contributed by atoms with Crippen LogP contribution in [-0.2, 0) is 11.8 Å². The highest BCUT2D eigenvalue weighted by molar-refractivity contribution is 5.77. The van der Waals surface area contributed by atoms with Gasteiger partial charge in [0.25, 0.3) is 0 Å². The van der Waals surface area contributed by atoms with Gasteiger partial charge in [-0.2, -0.15) is 5.10 Å². The molecule has 1 aliphatic carbocycles. The van der Waals surface area contributed by atoms with E-state index in [4.69, 9.17) is 0 Å². The molecule has 1 aromatic heterocycles. The highest BCUT2D eigenvalue weighted by Gasteiger charge is 2.33. The number of carbonyl (C=O) groups is 1. The molecule has 1 saturated carbocycles. The molecule has 1 amide bonds. The number of piperidine rings is 2. The molecular weight excluding hydrogens is 326 g/mol. The molecule has 3 aliphatic rings. The minimum atomic E-state index is 0.0429. The molecule has 3 fully saturated rings. The second-order valence-electron chi connectivity index (χ2n) is 8.41. The van der Waals surface area contributed by atoms with Crippen LogP contribution in [0.2, 0.25) is 0 Å². The first-order valence-electron chi connectivity index (χ1n) is 10.5. The second-order valence-corrected chi connectivity index (χ2v) is 8.41. The van der Waals surface area contributed by atoms with E-state index < -0.39 is 0 Å². The summed E-state index contributed by atoms with van der Waals surface area (Å²) in [4.78, 5) is 14.7. The summed E-state index contributed by atoms with van der Waals surface area (Å²) in [5.74, 6) is 0.157. The van der Waals surface area contributed by atoms with Crippen LogP contribution in [0.1, 0.15) is 69.4 Å². The van der Waals surface area contributed by atoms with Gasteiger partial charge in [0.2, 0.25) is 5.91 Å². The number of nitrogens with one attached hydrogen (secondary N) is 2. The Balaban J connectivity index is 1.33. The Hall–Kier alpha value is -1.40. The van der Waals surface area contributed by atoms with Gasteiger partial charge in [0.15, 0.2) is 0 Å². The first-order valence-corrected chi connectivity index (χ1v) is 10.5. The monoisotopic (exact) mass is 359 g/mol. The molecule has 4 rings (SSSR count). The van der Waals surface area contributed by atoms with E-state index in [2.05, 4.69) is 20.6 Å². The number of carbonyl (C=O) groups excluding carboxylic acids is 1. The summed E-state index contributed by atoms with van der Waals surface area (Å²) in [6.45, 7) is 2.44. The van der Waals surface area contributed by atoms with E-state index in [0.717, 1.165) is 18.0 Å². The third-order valence-corrected chi connectivity index (χ3v) is 6.56. The van der Waals surface area contributed by atoms with Crippen molar-refractivity contribution in [2.75, 3.05) is 13.1 Å². The van der Waals surface area contributed by atoms with Gasteiger partial charge in [-0.15, -0.1) is 0 Å². The standard InChI is InChI=1S/C20H33N5O/c1-24-14-15(13-21-24)20-18(7-8-19(26)23-20)22-16-9-11-25(12-10-16)17-5-3-2-4-6-17/h13-14,16-18,20,22H,2-12H2,1H3,(H,23,26)/t18-,20+/m1/s1. The fraction of sp³-hybridized carbons (Fsp3) is 0.800. The van der Waals surface area contributed by atoms with Crippen LogP contribution in [0.5, 0.6) is 0 Å². The molecule has 6 heteroatoms. The van der Waals surface area contributed by atoms with Crippen LogP contribution in [0, 0.1) is 0 Å². The molecule has 144 valence electrons. The lowest BCUT2D eigenvalue weighted by Gasteiger charge is -2.42. The average molecular weight is 360 g/mol. The molecule has 0 radical (unpaired) electrons. The highest BCUT2D eigenvalue weighted by Crippen LogP contribution is 2.28. The number of amides is 1. The van der Waals surface area contributed by atoms with Gasteiger partial charge in [0.1, 0.15) is 0 Å². The van der Waals surface area contributed by atoms with E-state index >= 15 is 0 Å². The summed E-state index contributed by atoms with van der Waals surface area (Å²) in [6.07, 6.45) is 14.9. The third-order valence-electron chi connectivity index (χ3n) is 6.56. The Morgan fingerprint density at radius 2 is 1.88 bits per heavy atom. The average Bonchev–Trinajstić information content (AvgIpc) is 3.11. The van der Waals surface area contributed by atoms with Crippen molar-refractivity contribution in [3.63, 3.8) is 0 Å². The number of aromatic nitrogens is 2. The van der Waals surface area contributed by atoms with Crippen LogP contribution in [0.4, 0.5) is 0 Å². The third kappa shape index (κ3) is 4.12. The smallest absolute Gasteiger partial charge is 0.220 e. The molecule has 0 bridgehead atoms. The van der Waals surface area contributed by atoms with Crippen molar-refractivity contribution >= 4 is 5.91 Å². The molecule has 0 spiro atoms. The van der Waals surface area contributed by atoms with Gasteiger partial charge in [-0.05, 0) is 45.2 Å². The van der Waals surface area contributed by atoms with Gasteiger partial charge in [0, 0.05) is 43.4 Å². The zero-order valence-electron chi connectivity index (χ0n) is 16.0. The maximum atomic E-state index is 11.9. The van der Waals surface area contributed by atoms with Gasteiger partial charge >= 0.3 is 0 Å². The predicted octanol–water partition coefficient (Wildman–Crippen LogP) is 2.13. The molecule has 2 aliphatic heterocycles. The molecule has 0 aromatic carbocycles. The molecule has 6 nitrogen and oxygen atoms in total. The molecule has 2 saturated heterocycles. The van der Waals surface area contributed by atoms with Crippen molar-refractivity contribution in [1.82, 2.24) is 25.3 Å². The van der Waals surface area contributed by atoms with Crippen LogP contribution in [0.15, 0.2) is 12.4 Å². The van der Waals surface area contributed by atoms with Crippen molar-refractivity contribution in [1.29, 1.82) is 0 Å². The Kier molecular flexibility index (Phi) is 5.60. The lowest BCUT2D eigenvalue weighted by molar-refractivity contribution is -0.124. The Morgan fingerprint density at radius 1 is 1.12 bits per heavy atom. The van der Waals surface area contributed by atoms with Gasteiger partial charge in [0.05, 0.1) is 12.2 Å². The Morgan fingerprint density at radius 3 is 2.58 bits per heavy atom. The summed E-state index contributed by atoms with van der Waals surface area (Å²) < 4.78 is 1.82. The van der Waals surface area contributed by atoms with Gasteiger partial charge in [-0.3, -0.25) is 9.48 Å². The SMILES string of the molecule is Cn1cc([C@@H]2NC(=O)CC[C@H]2NC2CCN(C3CCCCC3)CC2)cn1. The van der Waals surface area contributed by atoms with Crippen molar-refractivity contribution in [2.45, 2.75) is 82.0 Å². The number of rotatable bonds is 4. The molecule has 26 heavy (non-hydrogen) atoms. The van der Waals surface area contributed by atoms with E-state index in [0.29, 0.717) is 18.5 Å². The highest BCUT2D eigenvalue weighted by atomic mass is 16.1. The number of likely N-dealkylation sites (tertiary alicyclic amines) is 1. The van der Waals surface area contributed by atoms with Crippen molar-refractivity contribution in [2.24, 2.45) is 7.05 Å². The fourth-order valence-corrected chi connectivity index (χ4v) is 5.08. The largest absolute Gasteiger partial charge is 0.348 e. The number of aryl methyl sites for hydroxylation is 1. The van der Waals surface area contributed by atoms with Crippen LogP contribution >= 0.6 is 0 Å². The number of hydrogen-bond acceptors (Lipinski definition) is 4. The number of nitrogens with zero attached hydrogens (tertiary/aromatic N) is 3. The van der Waals surface area contributed by atoms with Crippen LogP contribution < -0.4 is 10.6 Å². The first-order chi connectivity index (χ1) is 12.7. The van der Waals surface area contributed by atoms with E-state index in [1.165, 1.54) is 58.0 Å². The quantitative estimate of drug-likeness (QED) is 0.864. The maximum Gasteiger partial charge on any atom is 0.220 e. The van der Waals surface area contributed by atoms with Crippen molar-refractivity contribution in [3.05, 3.63) is 18.0 Å². The lowest BCUT2D eigenvalue weighted by Crippen LogP contribution is -2.54. The zero-order chi connectivity index (χ0) is 17.9. The minimum absolute atomic E-state index is 0.0429. The summed E-state index contributed by atoms with van der Waals surface area (Å²) >= 11 is 0. The maximum absolute atomic E-state index is 11.9. The van der Waals surface area contributed by atoms with Gasteiger partial charge in [-0.25, -0.2) is 0 Å². The Labute approximate surface area is 156 Å². The van der Waals surface area contributed by atoms with Crippen molar-refractivity contribution < 1.29 is 4.79 Å². The van der Waals surface area contributed by atoms with E-state index in [1.54, 1.807) is 0 Å². The van der Waals surface area contributed by atoms with E-state index in [-0.39, 0.29) is 11.9 Å². The van der Waals surface area contributed by atoms with Crippen LogP contribution in [-0.4, -0.2) is 51.8 Å². The normalized spacial score (nSPS) is 29.7. The van der Waals surface area contributed by atoms with Gasteiger partial charge < -0.3 is 15.5 Å². The first kappa shape index (κ1) is 18.0. The summed E-state index contributed by atoms with van der Waals surface area (Å²) in [5.41, 5.74) is 1.11. The second kappa shape index (κ2) is 8.09. The molecule has 2 N–H and O–H groups in total.